The van der Waals surface area contributed by atoms with E-state index >= 15 is 0 Å². The summed E-state index contributed by atoms with van der Waals surface area (Å²) in [6, 6.07) is -0.228. The van der Waals surface area contributed by atoms with Crippen LogP contribution in [0, 0.1) is 0 Å². The first-order valence-electron chi connectivity index (χ1n) is 3.29. The number of nitrogens with zero attached hydrogens (tertiary/aromatic N) is 1. The number of hydrogen-bond acceptors (Lipinski definition) is 3. The second-order valence-electron chi connectivity index (χ2n) is 2.47. The number of nitrogens with two attached hydrogens (primary N) is 1. The maximum Gasteiger partial charge on any atom is 0.237 e. The van der Waals surface area contributed by atoms with Gasteiger partial charge in [0.15, 0.2) is 0 Å². The van der Waals surface area contributed by atoms with Crippen LogP contribution in [0.1, 0.15) is 0 Å². The molecule has 1 atom stereocenters. The molecular formula is C6H12N2O2. The number of primary amides is 1. The molecule has 2 N–H and O–H groups in total. The van der Waals surface area contributed by atoms with Gasteiger partial charge in [0.25, 0.3) is 0 Å². The van der Waals surface area contributed by atoms with E-state index in [1.807, 2.05) is 11.9 Å². The van der Waals surface area contributed by atoms with Crippen LogP contribution in [0.2, 0.25) is 0 Å². The molecule has 0 unspecified atom stereocenters. The second kappa shape index (κ2) is 2.98. The van der Waals surface area contributed by atoms with E-state index in [1.54, 1.807) is 0 Å². The Kier molecular flexibility index (Phi) is 2.24. The first-order valence-corrected chi connectivity index (χ1v) is 3.29. The van der Waals surface area contributed by atoms with Crippen LogP contribution in [0.15, 0.2) is 0 Å². The molecule has 4 nitrogen and oxygen atoms in total. The summed E-state index contributed by atoms with van der Waals surface area (Å²) in [5, 5.41) is 0. The standard InChI is InChI=1S/C6H12N2O2/c1-8-2-3-10-4-5(8)6(7)9/h5H,2-4H2,1H3,(H2,7,9)/t5-/m0/s1. The highest BCUT2D eigenvalue weighted by Gasteiger charge is 2.23. The van der Waals surface area contributed by atoms with Gasteiger partial charge in [-0.3, -0.25) is 9.69 Å². The van der Waals surface area contributed by atoms with Gasteiger partial charge in [0.05, 0.1) is 13.2 Å². The molecule has 0 radical (unpaired) electrons. The van der Waals surface area contributed by atoms with Gasteiger partial charge in [0, 0.05) is 6.54 Å². The molecule has 10 heavy (non-hydrogen) atoms. The lowest BCUT2D eigenvalue weighted by atomic mass is 10.2. The van der Waals surface area contributed by atoms with Crippen LogP contribution >= 0.6 is 0 Å². The van der Waals surface area contributed by atoms with Crippen molar-refractivity contribution in [1.29, 1.82) is 0 Å². The number of rotatable bonds is 1. The van der Waals surface area contributed by atoms with Crippen molar-refractivity contribution < 1.29 is 9.53 Å². The van der Waals surface area contributed by atoms with E-state index in [0.29, 0.717) is 13.2 Å². The van der Waals surface area contributed by atoms with Gasteiger partial charge in [-0.05, 0) is 7.05 Å². The molecule has 4 heteroatoms. The minimum atomic E-state index is -0.304. The van der Waals surface area contributed by atoms with Gasteiger partial charge >= 0.3 is 0 Å². The molecule has 0 aromatic heterocycles. The molecule has 1 aliphatic heterocycles. The summed E-state index contributed by atoms with van der Waals surface area (Å²) < 4.78 is 5.07. The van der Waals surface area contributed by atoms with E-state index < -0.39 is 0 Å². The van der Waals surface area contributed by atoms with Gasteiger partial charge in [-0.1, -0.05) is 0 Å². The van der Waals surface area contributed by atoms with E-state index in [-0.39, 0.29) is 11.9 Å². The zero-order valence-corrected chi connectivity index (χ0v) is 6.04. The Labute approximate surface area is 59.9 Å². The molecule has 1 aliphatic rings. The van der Waals surface area contributed by atoms with E-state index in [9.17, 15) is 4.79 Å². The summed E-state index contributed by atoms with van der Waals surface area (Å²) in [4.78, 5) is 12.6. The van der Waals surface area contributed by atoms with Gasteiger partial charge in [-0.15, -0.1) is 0 Å². The molecular weight excluding hydrogens is 132 g/mol. The second-order valence-corrected chi connectivity index (χ2v) is 2.47. The normalized spacial score (nSPS) is 28.3. The third kappa shape index (κ3) is 1.46. The highest BCUT2D eigenvalue weighted by atomic mass is 16.5. The summed E-state index contributed by atoms with van der Waals surface area (Å²) >= 11 is 0. The fourth-order valence-electron chi connectivity index (χ4n) is 0.986. The predicted octanol–water partition coefficient (Wildman–Crippen LogP) is -1.20. The summed E-state index contributed by atoms with van der Waals surface area (Å²) in [5.74, 6) is -0.304. The number of ether oxygens (including phenoxy) is 1. The molecule has 1 fully saturated rings. The minimum Gasteiger partial charge on any atom is -0.378 e. The zero-order valence-electron chi connectivity index (χ0n) is 6.04. The van der Waals surface area contributed by atoms with Crippen molar-refractivity contribution in [2.24, 2.45) is 5.73 Å². The molecule has 0 spiro atoms. The highest BCUT2D eigenvalue weighted by molar-refractivity contribution is 5.80. The smallest absolute Gasteiger partial charge is 0.237 e. The van der Waals surface area contributed by atoms with E-state index in [0.717, 1.165) is 6.54 Å². The largest absolute Gasteiger partial charge is 0.378 e. The van der Waals surface area contributed by atoms with Crippen LogP contribution in [-0.4, -0.2) is 43.7 Å². The fourth-order valence-corrected chi connectivity index (χ4v) is 0.986. The lowest BCUT2D eigenvalue weighted by Gasteiger charge is -2.29. The van der Waals surface area contributed by atoms with E-state index in [2.05, 4.69) is 0 Å². The third-order valence-corrected chi connectivity index (χ3v) is 1.72. The van der Waals surface area contributed by atoms with E-state index in [1.165, 1.54) is 0 Å². The van der Waals surface area contributed by atoms with Gasteiger partial charge in [0.1, 0.15) is 6.04 Å². The molecule has 1 saturated heterocycles. The van der Waals surface area contributed by atoms with Crippen LogP contribution in [0.5, 0.6) is 0 Å². The monoisotopic (exact) mass is 144 g/mol. The molecule has 1 heterocycles. The number of likely N-dealkylation sites (N-methyl/N-ethyl adjacent to an activating group) is 1. The zero-order chi connectivity index (χ0) is 7.56. The van der Waals surface area contributed by atoms with Crippen molar-refractivity contribution in [2.75, 3.05) is 26.8 Å². The molecule has 0 bridgehead atoms. The van der Waals surface area contributed by atoms with Gasteiger partial charge < -0.3 is 10.5 Å². The highest BCUT2D eigenvalue weighted by Crippen LogP contribution is 2.01. The van der Waals surface area contributed by atoms with Crippen LogP contribution in [0.3, 0.4) is 0 Å². The minimum absolute atomic E-state index is 0.228. The van der Waals surface area contributed by atoms with Crippen LogP contribution in [-0.2, 0) is 9.53 Å². The average molecular weight is 144 g/mol. The Balaban J connectivity index is 2.47. The number of carbonyl (C=O) groups excluding carboxylic acids is 1. The van der Waals surface area contributed by atoms with E-state index in [4.69, 9.17) is 10.5 Å². The lowest BCUT2D eigenvalue weighted by molar-refractivity contribution is -0.128. The van der Waals surface area contributed by atoms with Crippen molar-refractivity contribution in [2.45, 2.75) is 6.04 Å². The van der Waals surface area contributed by atoms with Gasteiger partial charge in [0.2, 0.25) is 5.91 Å². The number of morpholine rings is 1. The molecule has 0 aromatic carbocycles. The average Bonchev–Trinajstić information content (AvgIpc) is 1.88. The van der Waals surface area contributed by atoms with Gasteiger partial charge in [-0.2, -0.15) is 0 Å². The summed E-state index contributed by atoms with van der Waals surface area (Å²) in [7, 11) is 1.87. The summed E-state index contributed by atoms with van der Waals surface area (Å²) in [6.07, 6.45) is 0. The molecule has 1 amide bonds. The van der Waals surface area contributed by atoms with Crippen molar-refractivity contribution in [1.82, 2.24) is 4.90 Å². The Morgan fingerprint density at radius 1 is 1.80 bits per heavy atom. The quantitative estimate of drug-likeness (QED) is 0.503. The lowest BCUT2D eigenvalue weighted by Crippen LogP contribution is -2.50. The van der Waals surface area contributed by atoms with Crippen molar-refractivity contribution in [3.05, 3.63) is 0 Å². The van der Waals surface area contributed by atoms with Gasteiger partial charge in [-0.25, -0.2) is 0 Å². The summed E-state index contributed by atoms with van der Waals surface area (Å²) in [6.45, 7) is 1.92. The molecule has 0 aliphatic carbocycles. The third-order valence-electron chi connectivity index (χ3n) is 1.72. The number of hydrogen-bond donors (Lipinski definition) is 1. The van der Waals surface area contributed by atoms with Crippen molar-refractivity contribution in [3.8, 4) is 0 Å². The maximum absolute atomic E-state index is 10.7. The van der Waals surface area contributed by atoms with Crippen LogP contribution in [0.4, 0.5) is 0 Å². The molecule has 1 rings (SSSR count). The molecule has 0 aromatic rings. The molecule has 58 valence electrons. The molecule has 0 saturated carbocycles. The van der Waals surface area contributed by atoms with Crippen molar-refractivity contribution in [3.63, 3.8) is 0 Å². The number of amides is 1. The van der Waals surface area contributed by atoms with Crippen LogP contribution in [0.25, 0.3) is 0 Å². The van der Waals surface area contributed by atoms with Crippen LogP contribution < -0.4 is 5.73 Å². The SMILES string of the molecule is CN1CCOC[C@H]1C(N)=O. The fraction of sp³-hybridized carbons (Fsp3) is 0.833. The first kappa shape index (κ1) is 7.50. The topological polar surface area (TPSA) is 55.6 Å². The maximum atomic E-state index is 10.7. The Morgan fingerprint density at radius 3 is 2.90 bits per heavy atom. The predicted molar refractivity (Wildman–Crippen MR) is 36.4 cm³/mol. The Morgan fingerprint density at radius 2 is 2.50 bits per heavy atom. The summed E-state index contributed by atoms with van der Waals surface area (Å²) in [5.41, 5.74) is 5.10. The first-order chi connectivity index (χ1) is 4.72. The number of carbonyl (C=O) groups is 1. The Hall–Kier alpha value is -0.610. The van der Waals surface area contributed by atoms with Crippen molar-refractivity contribution >= 4 is 5.91 Å². The Bertz CT molecular complexity index is 138.